The van der Waals surface area contributed by atoms with E-state index in [9.17, 15) is 9.59 Å². The summed E-state index contributed by atoms with van der Waals surface area (Å²) in [5.41, 5.74) is 1.34. The van der Waals surface area contributed by atoms with Crippen LogP contribution in [0, 0.1) is 17.8 Å². The first-order chi connectivity index (χ1) is 19.4. The molecule has 0 radical (unpaired) electrons. The Bertz CT molecular complexity index is 1030. The number of benzene rings is 1. The fraction of sp³-hybridized carbons (Fsp3) is 0.639. The van der Waals surface area contributed by atoms with E-state index in [0.717, 1.165) is 25.7 Å². The first-order valence-electron chi connectivity index (χ1n) is 16.0. The van der Waals surface area contributed by atoms with E-state index in [-0.39, 0.29) is 40.1 Å². The lowest BCUT2D eigenvalue weighted by atomic mass is 9.86. The minimum Gasteiger partial charge on any atom is -0.462 e. The van der Waals surface area contributed by atoms with E-state index in [1.165, 1.54) is 5.56 Å². The lowest BCUT2D eigenvalue weighted by molar-refractivity contribution is -0.151. The summed E-state index contributed by atoms with van der Waals surface area (Å²) in [6, 6.07) is 10.7. The Morgan fingerprint density at radius 1 is 1.05 bits per heavy atom. The largest absolute Gasteiger partial charge is 0.462 e. The van der Waals surface area contributed by atoms with Gasteiger partial charge in [-0.05, 0) is 79.9 Å². The SMILES string of the molecule is C=CCCC(=O)O[C@H]1C[C@@H](O[Si](C)(C)C(C)(C)C)[C@H](/C=C/[C@H](CCc2ccccc2)CC(C)(C)[Si](C)(C)O)[C@H]1CC=C. The molecule has 0 saturated heterocycles. The quantitative estimate of drug-likeness (QED) is 0.115. The molecular weight excluding hydrogens is 553 g/mol. The number of carbonyl (C=O) groups is 1. The van der Waals surface area contributed by atoms with Gasteiger partial charge in [-0.2, -0.15) is 0 Å². The molecule has 6 heteroatoms. The highest BCUT2D eigenvalue weighted by Crippen LogP contribution is 2.46. The number of hydrogen-bond acceptors (Lipinski definition) is 4. The zero-order chi connectivity index (χ0) is 31.8. The number of hydrogen-bond donors (Lipinski definition) is 1. The molecule has 1 aliphatic carbocycles. The van der Waals surface area contributed by atoms with E-state index in [1.54, 1.807) is 6.08 Å². The van der Waals surface area contributed by atoms with Crippen molar-refractivity contribution in [1.82, 2.24) is 0 Å². The Balaban J connectivity index is 2.44. The summed E-state index contributed by atoms with van der Waals surface area (Å²) >= 11 is 0. The average molecular weight is 613 g/mol. The van der Waals surface area contributed by atoms with Gasteiger partial charge in [0.15, 0.2) is 16.6 Å². The van der Waals surface area contributed by atoms with Crippen LogP contribution in [0.15, 0.2) is 67.8 Å². The van der Waals surface area contributed by atoms with E-state index in [0.29, 0.717) is 25.2 Å². The maximum Gasteiger partial charge on any atom is 0.306 e. The summed E-state index contributed by atoms with van der Waals surface area (Å²) in [5.74, 6) is 0.386. The lowest BCUT2D eigenvalue weighted by Crippen LogP contribution is -2.45. The molecule has 4 nitrogen and oxygen atoms in total. The van der Waals surface area contributed by atoms with Crippen molar-refractivity contribution in [1.29, 1.82) is 0 Å². The van der Waals surface area contributed by atoms with Crippen LogP contribution in [0.25, 0.3) is 0 Å². The molecule has 0 heterocycles. The molecule has 0 aromatic heterocycles. The van der Waals surface area contributed by atoms with Crippen molar-refractivity contribution >= 4 is 22.6 Å². The molecule has 2 rings (SSSR count). The third-order valence-corrected chi connectivity index (χ3v) is 18.1. The summed E-state index contributed by atoms with van der Waals surface area (Å²) in [5, 5.41) is -0.0529. The maximum atomic E-state index is 12.7. The van der Waals surface area contributed by atoms with Gasteiger partial charge >= 0.3 is 5.97 Å². The predicted molar refractivity (Wildman–Crippen MR) is 184 cm³/mol. The second-order valence-electron chi connectivity index (χ2n) is 15.1. The fourth-order valence-electron chi connectivity index (χ4n) is 5.57. The summed E-state index contributed by atoms with van der Waals surface area (Å²) in [4.78, 5) is 23.9. The number of carbonyl (C=O) groups excluding carboxylic acids is 1. The molecular formula is C36H60O4Si2. The molecule has 5 atom stereocenters. The second kappa shape index (κ2) is 15.3. The number of ether oxygens (including phenoxy) is 1. The molecule has 0 amide bonds. The highest BCUT2D eigenvalue weighted by atomic mass is 28.4. The van der Waals surface area contributed by atoms with E-state index < -0.39 is 16.6 Å². The summed E-state index contributed by atoms with van der Waals surface area (Å²) in [6.45, 7) is 27.8. The first kappa shape index (κ1) is 36.5. The molecule has 1 saturated carbocycles. The molecule has 0 aliphatic heterocycles. The summed E-state index contributed by atoms with van der Waals surface area (Å²) in [7, 11) is -4.45. The van der Waals surface area contributed by atoms with Gasteiger partial charge in [-0.1, -0.05) is 89.3 Å². The molecule has 1 fully saturated rings. The van der Waals surface area contributed by atoms with Crippen LogP contribution in [0.3, 0.4) is 0 Å². The minimum absolute atomic E-state index is 0.0178. The van der Waals surface area contributed by atoms with Gasteiger partial charge in [-0.15, -0.1) is 13.2 Å². The van der Waals surface area contributed by atoms with Crippen LogP contribution < -0.4 is 0 Å². The minimum atomic E-state index is -2.38. The van der Waals surface area contributed by atoms with Crippen molar-refractivity contribution in [2.75, 3.05) is 0 Å². The van der Waals surface area contributed by atoms with Gasteiger partial charge in [0.1, 0.15) is 6.10 Å². The standard InChI is InChI=1S/C36H60O4Si2/c1-12-14-21-34(37)39-32-26-33(40-42(10,11)35(3,4)5)31(30(32)18-13-2)25-24-29(27-36(6,7)41(8,9)38)23-22-28-19-16-15-17-20-28/h12-13,15-17,19-20,24-25,29-33,38H,1-2,14,18,21-23,26-27H2,3-11H3/b25-24+/t29-,30+,31+,32-,33+/m0/s1. The van der Waals surface area contributed by atoms with Crippen LogP contribution in [-0.4, -0.2) is 39.6 Å². The summed E-state index contributed by atoms with van der Waals surface area (Å²) < 4.78 is 13.2. The normalized spacial score (nSPS) is 22.7. The topological polar surface area (TPSA) is 55.8 Å². The maximum absolute atomic E-state index is 12.7. The van der Waals surface area contributed by atoms with Gasteiger partial charge in [-0.3, -0.25) is 4.79 Å². The van der Waals surface area contributed by atoms with E-state index in [2.05, 4.69) is 116 Å². The van der Waals surface area contributed by atoms with Gasteiger partial charge in [0.25, 0.3) is 0 Å². The lowest BCUT2D eigenvalue weighted by Gasteiger charge is -2.40. The van der Waals surface area contributed by atoms with Gasteiger partial charge < -0.3 is 14.0 Å². The Morgan fingerprint density at radius 2 is 1.69 bits per heavy atom. The van der Waals surface area contributed by atoms with Crippen molar-refractivity contribution in [3.63, 3.8) is 0 Å². The molecule has 0 unspecified atom stereocenters. The number of allylic oxidation sites excluding steroid dienone is 3. The van der Waals surface area contributed by atoms with Gasteiger partial charge in [0, 0.05) is 24.7 Å². The zero-order valence-corrected chi connectivity index (χ0v) is 30.1. The first-order valence-corrected chi connectivity index (χ1v) is 21.8. The van der Waals surface area contributed by atoms with Crippen LogP contribution in [-0.2, 0) is 20.4 Å². The predicted octanol–water partition coefficient (Wildman–Crippen LogP) is 9.64. The van der Waals surface area contributed by atoms with E-state index >= 15 is 0 Å². The highest BCUT2D eigenvalue weighted by molar-refractivity contribution is 6.74. The smallest absolute Gasteiger partial charge is 0.306 e. The van der Waals surface area contributed by atoms with E-state index in [1.807, 2.05) is 6.08 Å². The molecule has 0 bridgehead atoms. The molecule has 236 valence electrons. The second-order valence-corrected chi connectivity index (χ2v) is 24.3. The molecule has 1 aromatic rings. The Labute approximate surface area is 259 Å². The third-order valence-electron chi connectivity index (χ3n) is 10.1. The average Bonchev–Trinajstić information content (AvgIpc) is 3.18. The van der Waals surface area contributed by atoms with Crippen LogP contribution in [0.5, 0.6) is 0 Å². The number of esters is 1. The molecule has 1 aromatic carbocycles. The molecule has 1 N–H and O–H groups in total. The van der Waals surface area contributed by atoms with Gasteiger partial charge in [-0.25, -0.2) is 0 Å². The summed E-state index contributed by atoms with van der Waals surface area (Å²) in [6.07, 6.45) is 13.7. The van der Waals surface area contributed by atoms with Crippen LogP contribution in [0.4, 0.5) is 0 Å². The van der Waals surface area contributed by atoms with Gasteiger partial charge in [0.05, 0.1) is 6.10 Å². The van der Waals surface area contributed by atoms with Gasteiger partial charge in [0.2, 0.25) is 0 Å². The molecule has 42 heavy (non-hydrogen) atoms. The van der Waals surface area contributed by atoms with Crippen LogP contribution >= 0.6 is 0 Å². The van der Waals surface area contributed by atoms with E-state index in [4.69, 9.17) is 9.16 Å². The van der Waals surface area contributed by atoms with Crippen molar-refractivity contribution in [3.8, 4) is 0 Å². The Hall–Kier alpha value is -1.74. The Morgan fingerprint density at radius 3 is 2.24 bits per heavy atom. The zero-order valence-electron chi connectivity index (χ0n) is 28.1. The van der Waals surface area contributed by atoms with Crippen LogP contribution in [0.1, 0.15) is 78.7 Å². The van der Waals surface area contributed by atoms with Crippen molar-refractivity contribution in [3.05, 3.63) is 73.4 Å². The molecule has 0 spiro atoms. The van der Waals surface area contributed by atoms with Crippen molar-refractivity contribution in [2.24, 2.45) is 17.8 Å². The Kier molecular flexibility index (Phi) is 13.3. The van der Waals surface area contributed by atoms with Crippen molar-refractivity contribution < 1.29 is 18.8 Å². The fourth-order valence-corrected chi connectivity index (χ4v) is 7.70. The number of aryl methyl sites for hydroxylation is 1. The molecule has 1 aliphatic rings. The third kappa shape index (κ3) is 10.5. The highest BCUT2D eigenvalue weighted by Gasteiger charge is 2.48. The van der Waals surface area contributed by atoms with Crippen LogP contribution in [0.2, 0.25) is 36.3 Å². The van der Waals surface area contributed by atoms with Crippen molar-refractivity contribution in [2.45, 2.75) is 128 Å². The number of rotatable bonds is 16. The monoisotopic (exact) mass is 612 g/mol.